The Hall–Kier alpha value is -0.0400. The van der Waals surface area contributed by atoms with Gasteiger partial charge in [-0.15, -0.1) is 0 Å². The van der Waals surface area contributed by atoms with Crippen LogP contribution in [0.1, 0.15) is 34.8 Å². The van der Waals surface area contributed by atoms with Gasteiger partial charge in [-0.25, -0.2) is 0 Å². The predicted molar refractivity (Wildman–Crippen MR) is 31.3 cm³/mol. The maximum absolute atomic E-state index is 7.24. The standard InChI is InChI=1S/C6H13N/c1-6(2)4-3-5-7-6/h7H,3-5H2,1-2H3/i1D3,2D3. The second-order valence-electron chi connectivity index (χ2n) is 1.94. The molecule has 1 aliphatic heterocycles. The summed E-state index contributed by atoms with van der Waals surface area (Å²) in [6.45, 7) is -4.46. The van der Waals surface area contributed by atoms with Crippen molar-refractivity contribution in [2.24, 2.45) is 0 Å². The molecule has 1 nitrogen and oxygen atoms in total. The highest BCUT2D eigenvalue weighted by Crippen LogP contribution is 2.15. The molecule has 1 aliphatic rings. The summed E-state index contributed by atoms with van der Waals surface area (Å²) in [5, 5.41) is 2.62. The van der Waals surface area contributed by atoms with Crippen LogP contribution < -0.4 is 5.32 Å². The van der Waals surface area contributed by atoms with Crippen LogP contribution >= 0.6 is 0 Å². The fourth-order valence-electron chi connectivity index (χ4n) is 0.744. The van der Waals surface area contributed by atoms with E-state index in [4.69, 9.17) is 8.22 Å². The fraction of sp³-hybridized carbons (Fsp3) is 1.00. The second kappa shape index (κ2) is 1.48. The average Bonchev–Trinajstić information content (AvgIpc) is 2.28. The summed E-state index contributed by atoms with van der Waals surface area (Å²) in [6, 6.07) is 0. The molecule has 42 valence electrons. The molecule has 0 spiro atoms. The van der Waals surface area contributed by atoms with E-state index in [0.717, 1.165) is 0 Å². The fourth-order valence-corrected chi connectivity index (χ4v) is 0.744. The van der Waals surface area contributed by atoms with Crippen LogP contribution in [0.25, 0.3) is 0 Å². The van der Waals surface area contributed by atoms with Crippen molar-refractivity contribution in [2.45, 2.75) is 32.1 Å². The lowest BCUT2D eigenvalue weighted by atomic mass is 10.0. The van der Waals surface area contributed by atoms with Gasteiger partial charge in [-0.3, -0.25) is 0 Å². The van der Waals surface area contributed by atoms with Gasteiger partial charge in [0.25, 0.3) is 0 Å². The van der Waals surface area contributed by atoms with Crippen molar-refractivity contribution < 1.29 is 8.22 Å². The van der Waals surface area contributed by atoms with Crippen LogP contribution in [0.2, 0.25) is 0 Å². The maximum Gasteiger partial charge on any atom is 0.0249 e. The molecule has 0 saturated carbocycles. The molecule has 0 aliphatic carbocycles. The van der Waals surface area contributed by atoms with Crippen molar-refractivity contribution >= 4 is 0 Å². The molecule has 0 amide bonds. The monoisotopic (exact) mass is 105 g/mol. The van der Waals surface area contributed by atoms with Crippen LogP contribution in [0.15, 0.2) is 0 Å². The first-order valence-corrected chi connectivity index (χ1v) is 2.46. The first-order chi connectivity index (χ1) is 5.71. The predicted octanol–water partition coefficient (Wildman–Crippen LogP) is 1.15. The van der Waals surface area contributed by atoms with Gasteiger partial charge in [0.1, 0.15) is 0 Å². The quantitative estimate of drug-likeness (QED) is 0.487. The minimum absolute atomic E-state index is 0.194. The third-order valence-corrected chi connectivity index (χ3v) is 1.16. The molecule has 0 bridgehead atoms. The summed E-state index contributed by atoms with van der Waals surface area (Å²) in [4.78, 5) is 0. The van der Waals surface area contributed by atoms with Gasteiger partial charge < -0.3 is 5.32 Å². The van der Waals surface area contributed by atoms with E-state index in [0.29, 0.717) is 13.0 Å². The van der Waals surface area contributed by atoms with Crippen molar-refractivity contribution in [3.63, 3.8) is 0 Å². The van der Waals surface area contributed by atoms with Gasteiger partial charge in [0.2, 0.25) is 0 Å². The Balaban J connectivity index is 3.02. The lowest BCUT2D eigenvalue weighted by Crippen LogP contribution is -2.31. The number of hydrogen-bond donors (Lipinski definition) is 1. The van der Waals surface area contributed by atoms with E-state index < -0.39 is 19.2 Å². The van der Waals surface area contributed by atoms with Gasteiger partial charge in [0, 0.05) is 13.8 Å². The lowest BCUT2D eigenvalue weighted by Gasteiger charge is -2.15. The highest BCUT2D eigenvalue weighted by Gasteiger charge is 2.20. The van der Waals surface area contributed by atoms with Crippen molar-refractivity contribution in [3.8, 4) is 0 Å². The number of hydrogen-bond acceptors (Lipinski definition) is 1. The van der Waals surface area contributed by atoms with Crippen LogP contribution in [0.4, 0.5) is 0 Å². The molecule has 0 aromatic heterocycles. The zero-order valence-electron chi connectivity index (χ0n) is 10.1. The topological polar surface area (TPSA) is 12.0 Å². The highest BCUT2D eigenvalue weighted by molar-refractivity contribution is 4.82. The average molecular weight is 105 g/mol. The Morgan fingerprint density at radius 3 is 2.86 bits per heavy atom. The minimum Gasteiger partial charge on any atom is -0.312 e. The van der Waals surface area contributed by atoms with Crippen molar-refractivity contribution in [1.82, 2.24) is 5.32 Å². The molecule has 0 unspecified atom stereocenters. The SMILES string of the molecule is [2H]C([2H])([2H])C1(C([2H])([2H])[2H])CCCN1. The second-order valence-corrected chi connectivity index (χ2v) is 1.94. The lowest BCUT2D eigenvalue weighted by molar-refractivity contribution is 0.460. The number of nitrogens with one attached hydrogen (secondary N) is 1. The van der Waals surface area contributed by atoms with E-state index in [1.165, 1.54) is 0 Å². The van der Waals surface area contributed by atoms with Crippen LogP contribution in [0, 0.1) is 0 Å². The highest BCUT2D eigenvalue weighted by atomic mass is 15.0. The Morgan fingerprint density at radius 1 is 1.71 bits per heavy atom. The third-order valence-electron chi connectivity index (χ3n) is 1.16. The molecule has 7 heavy (non-hydrogen) atoms. The Kier molecular flexibility index (Phi) is 0.311. The van der Waals surface area contributed by atoms with Crippen molar-refractivity contribution in [1.29, 1.82) is 0 Å². The maximum atomic E-state index is 7.24. The van der Waals surface area contributed by atoms with Crippen LogP contribution in [0.3, 0.4) is 0 Å². The molecule has 0 aromatic rings. The van der Waals surface area contributed by atoms with Gasteiger partial charge in [-0.2, -0.15) is 0 Å². The van der Waals surface area contributed by atoms with Gasteiger partial charge in [-0.05, 0) is 33.1 Å². The van der Waals surface area contributed by atoms with Crippen LogP contribution in [-0.2, 0) is 0 Å². The molecule has 0 atom stereocenters. The molecule has 1 heterocycles. The molecular weight excluding hydrogens is 86.1 g/mol. The molecule has 0 radical (unpaired) electrons. The van der Waals surface area contributed by atoms with E-state index in [1.54, 1.807) is 0 Å². The largest absolute Gasteiger partial charge is 0.312 e. The Bertz CT molecular complexity index is 170. The van der Waals surface area contributed by atoms with Crippen LogP contribution in [-0.4, -0.2) is 12.1 Å². The van der Waals surface area contributed by atoms with E-state index in [2.05, 4.69) is 5.32 Å². The summed E-state index contributed by atoms with van der Waals surface area (Å²) in [7, 11) is 0. The van der Waals surface area contributed by atoms with Gasteiger partial charge in [-0.1, -0.05) is 0 Å². The molecule has 1 rings (SSSR count). The van der Waals surface area contributed by atoms with Crippen molar-refractivity contribution in [3.05, 3.63) is 0 Å². The van der Waals surface area contributed by atoms with E-state index in [9.17, 15) is 0 Å². The van der Waals surface area contributed by atoms with Gasteiger partial charge in [0.05, 0.1) is 0 Å². The summed E-state index contributed by atoms with van der Waals surface area (Å²) < 4.78 is 43.5. The summed E-state index contributed by atoms with van der Waals surface area (Å²) >= 11 is 0. The zero-order chi connectivity index (χ0) is 10.3. The molecule has 0 aromatic carbocycles. The van der Waals surface area contributed by atoms with Gasteiger partial charge >= 0.3 is 0 Å². The first-order valence-electron chi connectivity index (χ1n) is 5.46. The number of rotatable bonds is 0. The summed E-state index contributed by atoms with van der Waals surface area (Å²) in [5.41, 5.74) is -1.68. The zero-order valence-corrected chi connectivity index (χ0v) is 4.12. The molecule has 1 fully saturated rings. The Labute approximate surface area is 53.5 Å². The van der Waals surface area contributed by atoms with E-state index >= 15 is 0 Å². The van der Waals surface area contributed by atoms with Crippen molar-refractivity contribution in [2.75, 3.05) is 6.54 Å². The minimum atomic E-state index is -2.46. The van der Waals surface area contributed by atoms with Gasteiger partial charge in [0.15, 0.2) is 0 Å². The summed E-state index contributed by atoms with van der Waals surface area (Å²) in [6.07, 6.45) is 0.802. The molecular formula is C6H13N. The van der Waals surface area contributed by atoms with E-state index in [1.807, 2.05) is 0 Å². The van der Waals surface area contributed by atoms with E-state index in [-0.39, 0.29) is 6.42 Å². The molecule has 1 heteroatoms. The molecule has 1 saturated heterocycles. The van der Waals surface area contributed by atoms with Crippen LogP contribution in [0.5, 0.6) is 0 Å². The normalized spacial score (nSPS) is 44.6. The molecule has 1 N–H and O–H groups in total. The summed E-state index contributed by atoms with van der Waals surface area (Å²) in [5.74, 6) is 0. The first kappa shape index (κ1) is 1.47. The Morgan fingerprint density at radius 2 is 2.57 bits per heavy atom. The third kappa shape index (κ3) is 1.16. The smallest absolute Gasteiger partial charge is 0.0249 e.